The summed E-state index contributed by atoms with van der Waals surface area (Å²) in [6, 6.07) is 4.76. The minimum absolute atomic E-state index is 0.00436. The lowest BCUT2D eigenvalue weighted by Gasteiger charge is -2.15. The van der Waals surface area contributed by atoms with Gasteiger partial charge in [0.25, 0.3) is 5.56 Å². The van der Waals surface area contributed by atoms with E-state index < -0.39 is 23.3 Å². The fraction of sp³-hybridized carbons (Fsp3) is 0.286. The van der Waals surface area contributed by atoms with Gasteiger partial charge >= 0.3 is 0 Å². The van der Waals surface area contributed by atoms with E-state index in [-0.39, 0.29) is 17.3 Å². The summed E-state index contributed by atoms with van der Waals surface area (Å²) in [5.74, 6) is -0.537. The molecule has 1 aromatic heterocycles. The molecule has 5 nitrogen and oxygen atoms in total. The van der Waals surface area contributed by atoms with E-state index in [1.807, 2.05) is 13.8 Å². The van der Waals surface area contributed by atoms with E-state index in [0.29, 0.717) is 5.56 Å². The number of rotatable bonds is 3. The van der Waals surface area contributed by atoms with Gasteiger partial charge in [0.15, 0.2) is 0 Å². The Bertz CT molecular complexity index is 665. The Labute approximate surface area is 115 Å². The van der Waals surface area contributed by atoms with Crippen LogP contribution in [-0.2, 0) is 0 Å². The van der Waals surface area contributed by atoms with Crippen LogP contribution in [0.3, 0.4) is 0 Å². The molecule has 0 fully saturated rings. The smallest absolute Gasteiger partial charge is 0.262 e. The monoisotopic (exact) mass is 277 g/mol. The Morgan fingerprint density at radius 2 is 1.90 bits per heavy atom. The highest BCUT2D eigenvalue weighted by atomic mass is 19.1. The zero-order valence-corrected chi connectivity index (χ0v) is 11.2. The molecular formula is C14H16FN3O2. The molecule has 6 heteroatoms. The quantitative estimate of drug-likeness (QED) is 0.799. The molecule has 1 heterocycles. The summed E-state index contributed by atoms with van der Waals surface area (Å²) in [5.41, 5.74) is 5.78. The average molecular weight is 277 g/mol. The van der Waals surface area contributed by atoms with E-state index in [9.17, 15) is 14.3 Å². The van der Waals surface area contributed by atoms with E-state index in [0.717, 1.165) is 0 Å². The molecule has 1 atom stereocenters. The molecule has 0 aliphatic heterocycles. The number of nitrogens with one attached hydrogen (secondary N) is 1. The molecule has 0 spiro atoms. The molecule has 0 aliphatic carbocycles. The number of nitrogens with two attached hydrogens (primary N) is 1. The standard InChI is InChI=1S/C14H16FN3O2/c1-7(2)11(16)12-17-13(19)10(14(20)18-12)8-3-5-9(15)6-4-8/h3-7,11H,16H2,1-2H3,(H2,17,18,19,20). The third-order valence-electron chi connectivity index (χ3n) is 3.09. The highest BCUT2D eigenvalue weighted by Crippen LogP contribution is 2.25. The number of hydrogen-bond donors (Lipinski definition) is 3. The van der Waals surface area contributed by atoms with Gasteiger partial charge in [-0.05, 0) is 23.6 Å². The molecule has 1 unspecified atom stereocenters. The van der Waals surface area contributed by atoms with Gasteiger partial charge in [-0.25, -0.2) is 4.39 Å². The normalized spacial score (nSPS) is 12.7. The summed E-state index contributed by atoms with van der Waals surface area (Å²) in [5, 5.41) is 9.95. The second-order valence-electron chi connectivity index (χ2n) is 4.93. The number of aromatic nitrogens is 2. The highest BCUT2D eigenvalue weighted by Gasteiger charge is 2.18. The second kappa shape index (κ2) is 5.42. The van der Waals surface area contributed by atoms with Crippen molar-refractivity contribution in [2.45, 2.75) is 19.9 Å². The van der Waals surface area contributed by atoms with Crippen molar-refractivity contribution in [2.75, 3.05) is 0 Å². The van der Waals surface area contributed by atoms with Gasteiger partial charge in [0.05, 0.1) is 6.04 Å². The Balaban J connectivity index is 2.52. The Morgan fingerprint density at radius 1 is 1.30 bits per heavy atom. The fourth-order valence-electron chi connectivity index (χ4n) is 1.83. The van der Waals surface area contributed by atoms with E-state index in [2.05, 4.69) is 9.97 Å². The van der Waals surface area contributed by atoms with Crippen molar-refractivity contribution in [3.8, 4) is 17.0 Å². The molecule has 0 amide bonds. The van der Waals surface area contributed by atoms with Gasteiger partial charge in [0, 0.05) is 0 Å². The van der Waals surface area contributed by atoms with Crippen LogP contribution in [0.15, 0.2) is 29.1 Å². The summed E-state index contributed by atoms with van der Waals surface area (Å²) in [4.78, 5) is 18.6. The predicted octanol–water partition coefficient (Wildman–Crippen LogP) is 1.94. The van der Waals surface area contributed by atoms with Crippen LogP contribution < -0.4 is 11.3 Å². The maximum absolute atomic E-state index is 12.9. The molecule has 0 bridgehead atoms. The SMILES string of the molecule is CC(C)C(N)c1nc(O)c(-c2ccc(F)cc2)c(=O)[nH]1. The van der Waals surface area contributed by atoms with E-state index in [1.165, 1.54) is 24.3 Å². The number of H-pyrrole nitrogens is 1. The van der Waals surface area contributed by atoms with Crippen LogP contribution in [0.1, 0.15) is 25.7 Å². The van der Waals surface area contributed by atoms with Crippen molar-refractivity contribution in [2.24, 2.45) is 11.7 Å². The summed E-state index contributed by atoms with van der Waals surface area (Å²) in [6.45, 7) is 3.77. The van der Waals surface area contributed by atoms with Crippen LogP contribution in [0.4, 0.5) is 4.39 Å². The maximum atomic E-state index is 12.9. The van der Waals surface area contributed by atoms with Gasteiger partial charge in [-0.15, -0.1) is 0 Å². The van der Waals surface area contributed by atoms with E-state index >= 15 is 0 Å². The molecular weight excluding hydrogens is 261 g/mol. The molecule has 0 radical (unpaired) electrons. The minimum atomic E-state index is -0.504. The second-order valence-corrected chi connectivity index (χ2v) is 4.93. The van der Waals surface area contributed by atoms with Crippen molar-refractivity contribution in [1.29, 1.82) is 0 Å². The number of aromatic amines is 1. The zero-order chi connectivity index (χ0) is 14.9. The highest BCUT2D eigenvalue weighted by molar-refractivity contribution is 5.67. The summed E-state index contributed by atoms with van der Waals surface area (Å²) in [7, 11) is 0. The number of aromatic hydroxyl groups is 1. The molecule has 0 saturated carbocycles. The zero-order valence-electron chi connectivity index (χ0n) is 11.2. The minimum Gasteiger partial charge on any atom is -0.493 e. The topological polar surface area (TPSA) is 92.0 Å². The van der Waals surface area contributed by atoms with Gasteiger partial charge < -0.3 is 15.8 Å². The Morgan fingerprint density at radius 3 is 2.40 bits per heavy atom. The molecule has 20 heavy (non-hydrogen) atoms. The van der Waals surface area contributed by atoms with Crippen molar-refractivity contribution < 1.29 is 9.50 Å². The van der Waals surface area contributed by atoms with E-state index in [4.69, 9.17) is 5.73 Å². The summed E-state index contributed by atoms with van der Waals surface area (Å²) >= 11 is 0. The maximum Gasteiger partial charge on any atom is 0.262 e. The molecule has 106 valence electrons. The van der Waals surface area contributed by atoms with Gasteiger partial charge in [-0.2, -0.15) is 4.98 Å². The molecule has 2 aromatic rings. The lowest BCUT2D eigenvalue weighted by atomic mass is 10.0. The van der Waals surface area contributed by atoms with Crippen LogP contribution >= 0.6 is 0 Å². The van der Waals surface area contributed by atoms with Crippen LogP contribution in [0.5, 0.6) is 5.88 Å². The summed E-state index contributed by atoms with van der Waals surface area (Å²) in [6.07, 6.45) is 0. The third kappa shape index (κ3) is 2.70. The fourth-order valence-corrected chi connectivity index (χ4v) is 1.83. The number of hydrogen-bond acceptors (Lipinski definition) is 4. The number of nitrogens with zero attached hydrogens (tertiary/aromatic N) is 1. The van der Waals surface area contributed by atoms with Gasteiger partial charge in [-0.3, -0.25) is 4.79 Å². The third-order valence-corrected chi connectivity index (χ3v) is 3.09. The Kier molecular flexibility index (Phi) is 3.85. The van der Waals surface area contributed by atoms with Gasteiger partial charge in [-0.1, -0.05) is 26.0 Å². The van der Waals surface area contributed by atoms with Crippen molar-refractivity contribution >= 4 is 0 Å². The first-order valence-corrected chi connectivity index (χ1v) is 6.25. The Hall–Kier alpha value is -2.21. The van der Waals surface area contributed by atoms with Gasteiger partial charge in [0.1, 0.15) is 17.2 Å². The van der Waals surface area contributed by atoms with Crippen molar-refractivity contribution in [3.63, 3.8) is 0 Å². The number of halogens is 1. The predicted molar refractivity (Wildman–Crippen MR) is 73.7 cm³/mol. The van der Waals surface area contributed by atoms with Crippen molar-refractivity contribution in [1.82, 2.24) is 9.97 Å². The number of benzene rings is 1. The first-order chi connectivity index (χ1) is 9.40. The average Bonchev–Trinajstić information content (AvgIpc) is 2.39. The van der Waals surface area contributed by atoms with Crippen LogP contribution in [0, 0.1) is 11.7 Å². The molecule has 1 aromatic carbocycles. The van der Waals surface area contributed by atoms with Crippen LogP contribution in [-0.4, -0.2) is 15.1 Å². The first-order valence-electron chi connectivity index (χ1n) is 6.25. The lowest BCUT2D eigenvalue weighted by molar-refractivity contribution is 0.433. The molecule has 0 aliphatic rings. The molecule has 2 rings (SSSR count). The largest absolute Gasteiger partial charge is 0.493 e. The molecule has 0 saturated heterocycles. The first kappa shape index (κ1) is 14.2. The lowest BCUT2D eigenvalue weighted by Crippen LogP contribution is -2.24. The molecule has 4 N–H and O–H groups in total. The summed E-state index contributed by atoms with van der Waals surface area (Å²) < 4.78 is 12.9. The van der Waals surface area contributed by atoms with Crippen molar-refractivity contribution in [3.05, 3.63) is 46.3 Å². The van der Waals surface area contributed by atoms with Crippen LogP contribution in [0.2, 0.25) is 0 Å². The van der Waals surface area contributed by atoms with Crippen LogP contribution in [0.25, 0.3) is 11.1 Å². The van der Waals surface area contributed by atoms with E-state index in [1.54, 1.807) is 0 Å². The van der Waals surface area contributed by atoms with Gasteiger partial charge in [0.2, 0.25) is 5.88 Å².